The van der Waals surface area contributed by atoms with Crippen molar-refractivity contribution in [2.45, 2.75) is 29.4 Å². The van der Waals surface area contributed by atoms with E-state index >= 15 is 0 Å². The van der Waals surface area contributed by atoms with Crippen molar-refractivity contribution >= 4 is 21.7 Å². The molecule has 0 unspecified atom stereocenters. The van der Waals surface area contributed by atoms with Gasteiger partial charge in [-0.25, -0.2) is 13.2 Å². The summed E-state index contributed by atoms with van der Waals surface area (Å²) in [5, 5.41) is 20.5. The average Bonchev–Trinajstić information content (AvgIpc) is 3.08. The predicted molar refractivity (Wildman–Crippen MR) is 97.0 cm³/mol. The van der Waals surface area contributed by atoms with E-state index in [2.05, 4.69) is 14.7 Å². The molecule has 1 aromatic carbocycles. The van der Waals surface area contributed by atoms with Crippen molar-refractivity contribution in [1.29, 1.82) is 0 Å². The van der Waals surface area contributed by atoms with Gasteiger partial charge < -0.3 is 20.7 Å². The Morgan fingerprint density at radius 1 is 1.25 bits per heavy atom. The molecule has 4 rings (SSSR count). The normalized spacial score (nSPS) is 29.6. The molecule has 2 aliphatic rings. The Morgan fingerprint density at radius 3 is 2.75 bits per heavy atom. The molecule has 0 spiro atoms. The number of sulfonamides is 1. The van der Waals surface area contributed by atoms with Crippen LogP contribution < -0.4 is 16.1 Å². The molecule has 3 heterocycles. The first-order valence-corrected chi connectivity index (χ1v) is 9.79. The van der Waals surface area contributed by atoms with E-state index in [1.165, 1.54) is 18.3 Å². The Balaban J connectivity index is 1.57. The smallest absolute Gasteiger partial charge is 0.351 e. The number of nitrogens with one attached hydrogen (secondary N) is 1. The summed E-state index contributed by atoms with van der Waals surface area (Å²) >= 11 is 0. The molecular weight excluding hydrogens is 390 g/mol. The lowest BCUT2D eigenvalue weighted by molar-refractivity contribution is -0.0370. The molecule has 0 amide bonds. The molecule has 28 heavy (non-hydrogen) atoms. The minimum Gasteiger partial charge on any atom is -0.387 e. The van der Waals surface area contributed by atoms with Crippen LogP contribution in [0.1, 0.15) is 11.8 Å². The highest BCUT2D eigenvalue weighted by atomic mass is 32.2. The Kier molecular flexibility index (Phi) is 4.42. The van der Waals surface area contributed by atoms with Crippen LogP contribution >= 0.6 is 0 Å². The average molecular weight is 407 g/mol. The molecule has 2 aliphatic heterocycles. The lowest BCUT2D eigenvalue weighted by Crippen LogP contribution is -2.36. The molecule has 0 bridgehead atoms. The minimum atomic E-state index is -3.69. The topological polar surface area (TPSA) is 169 Å². The largest absolute Gasteiger partial charge is 0.387 e. The lowest BCUT2D eigenvalue weighted by atomic mass is 10.1. The molecule has 0 saturated carbocycles. The summed E-state index contributed by atoms with van der Waals surface area (Å²) in [5.74, 6) is 0.139. The van der Waals surface area contributed by atoms with Crippen molar-refractivity contribution in [2.75, 3.05) is 12.3 Å². The van der Waals surface area contributed by atoms with E-state index in [0.717, 1.165) is 4.57 Å². The second-order valence-corrected chi connectivity index (χ2v) is 8.03. The van der Waals surface area contributed by atoms with Crippen molar-refractivity contribution in [2.24, 2.45) is 4.99 Å². The number of aliphatic hydroxyl groups is 2. The molecule has 4 atom stereocenters. The van der Waals surface area contributed by atoms with Crippen LogP contribution in [0.25, 0.3) is 0 Å². The highest BCUT2D eigenvalue weighted by molar-refractivity contribution is 7.90. The van der Waals surface area contributed by atoms with Gasteiger partial charge in [0.2, 0.25) is 0 Å². The van der Waals surface area contributed by atoms with E-state index in [1.807, 2.05) is 0 Å². The summed E-state index contributed by atoms with van der Waals surface area (Å²) in [6, 6.07) is 7.71. The lowest BCUT2D eigenvalue weighted by Gasteiger charge is -2.16. The molecule has 1 saturated heterocycles. The Morgan fingerprint density at radius 2 is 2.00 bits per heavy atom. The summed E-state index contributed by atoms with van der Waals surface area (Å²) in [5.41, 5.74) is 5.12. The van der Waals surface area contributed by atoms with Gasteiger partial charge in [-0.15, -0.1) is 0 Å². The summed E-state index contributed by atoms with van der Waals surface area (Å²) in [4.78, 5) is 19.8. The molecule has 148 valence electrons. The first kappa shape index (κ1) is 18.6. The van der Waals surface area contributed by atoms with Crippen LogP contribution in [0.2, 0.25) is 0 Å². The highest BCUT2D eigenvalue weighted by Gasteiger charge is 2.44. The number of fused-ring (bicyclic) bond motifs is 1. The number of hydrogen-bond acceptors (Lipinski definition) is 9. The van der Waals surface area contributed by atoms with Gasteiger partial charge in [-0.2, -0.15) is 4.98 Å². The van der Waals surface area contributed by atoms with Gasteiger partial charge in [0.15, 0.2) is 6.23 Å². The van der Waals surface area contributed by atoms with E-state index in [1.54, 1.807) is 18.2 Å². The standard InChI is InChI=1S/C16H17N5O6S/c17-11-5-6-21(16(24)19-11)15-13(23)12(22)9(27-15)7-18-14-8-3-1-2-4-10(8)28(25,26)20-14/h1-6,9,12-13,15,22-23H,7H2,(H,18,20)(H2,17,19,24)/t9-,12-,13-,15-/m1/s1. The molecular formula is C16H17N5O6S. The van der Waals surface area contributed by atoms with Crippen LogP contribution in [0.3, 0.4) is 0 Å². The van der Waals surface area contributed by atoms with E-state index in [0.29, 0.717) is 5.56 Å². The van der Waals surface area contributed by atoms with Gasteiger partial charge in [0.05, 0.1) is 11.4 Å². The van der Waals surface area contributed by atoms with Gasteiger partial charge in [-0.05, 0) is 18.2 Å². The van der Waals surface area contributed by atoms with E-state index in [4.69, 9.17) is 10.5 Å². The fraction of sp³-hybridized carbons (Fsp3) is 0.312. The number of rotatable bonds is 3. The summed E-state index contributed by atoms with van der Waals surface area (Å²) in [6.45, 7) is -0.141. The number of aromatic nitrogens is 2. The Hall–Kier alpha value is -2.80. The van der Waals surface area contributed by atoms with Crippen LogP contribution in [0.5, 0.6) is 0 Å². The number of amidine groups is 1. The number of aliphatic hydroxyl groups excluding tert-OH is 2. The van der Waals surface area contributed by atoms with Gasteiger partial charge >= 0.3 is 5.69 Å². The first-order valence-electron chi connectivity index (χ1n) is 8.31. The van der Waals surface area contributed by atoms with E-state index in [-0.39, 0.29) is 23.1 Å². The van der Waals surface area contributed by atoms with Crippen molar-refractivity contribution in [3.63, 3.8) is 0 Å². The van der Waals surface area contributed by atoms with Gasteiger partial charge in [0, 0.05) is 11.8 Å². The fourth-order valence-corrected chi connectivity index (χ4v) is 4.41. The van der Waals surface area contributed by atoms with Gasteiger partial charge in [-0.1, -0.05) is 12.1 Å². The molecule has 12 heteroatoms. The zero-order valence-corrected chi connectivity index (χ0v) is 15.2. The van der Waals surface area contributed by atoms with Gasteiger partial charge in [-0.3, -0.25) is 14.3 Å². The van der Waals surface area contributed by atoms with Crippen LogP contribution in [0, 0.1) is 0 Å². The maximum atomic E-state index is 12.1. The molecule has 1 fully saturated rings. The Bertz CT molecular complexity index is 1110. The van der Waals surface area contributed by atoms with Crippen molar-refractivity contribution in [1.82, 2.24) is 14.3 Å². The monoisotopic (exact) mass is 407 g/mol. The number of nitrogen functional groups attached to an aromatic ring is 1. The van der Waals surface area contributed by atoms with Crippen molar-refractivity contribution in [3.8, 4) is 0 Å². The van der Waals surface area contributed by atoms with Crippen LogP contribution in [0.4, 0.5) is 5.82 Å². The molecule has 0 aliphatic carbocycles. The number of nitrogens with two attached hydrogens (primary N) is 1. The number of benzene rings is 1. The number of hydrogen-bond donors (Lipinski definition) is 4. The van der Waals surface area contributed by atoms with E-state index < -0.39 is 40.3 Å². The maximum absolute atomic E-state index is 12.1. The first-order chi connectivity index (χ1) is 13.3. The number of anilines is 1. The van der Waals surface area contributed by atoms with Gasteiger partial charge in [0.25, 0.3) is 10.0 Å². The van der Waals surface area contributed by atoms with Crippen molar-refractivity contribution < 1.29 is 23.4 Å². The number of ether oxygens (including phenoxy) is 1. The van der Waals surface area contributed by atoms with Crippen LogP contribution in [-0.2, 0) is 14.8 Å². The number of aliphatic imine (C=N–C) groups is 1. The maximum Gasteiger partial charge on any atom is 0.351 e. The quantitative estimate of drug-likeness (QED) is 0.461. The highest BCUT2D eigenvalue weighted by Crippen LogP contribution is 2.29. The third kappa shape index (κ3) is 3.05. The summed E-state index contributed by atoms with van der Waals surface area (Å²) in [7, 11) is -3.69. The van der Waals surface area contributed by atoms with Crippen LogP contribution in [-0.4, -0.2) is 58.9 Å². The fourth-order valence-electron chi connectivity index (χ4n) is 3.16. The third-order valence-corrected chi connectivity index (χ3v) is 5.95. The summed E-state index contributed by atoms with van der Waals surface area (Å²) < 4.78 is 33.2. The molecule has 1 aromatic heterocycles. The minimum absolute atomic E-state index is 0.0180. The molecule has 2 aromatic rings. The zero-order chi connectivity index (χ0) is 20.1. The zero-order valence-electron chi connectivity index (χ0n) is 14.3. The second-order valence-electron chi connectivity index (χ2n) is 6.38. The van der Waals surface area contributed by atoms with Crippen molar-refractivity contribution in [3.05, 3.63) is 52.6 Å². The SMILES string of the molecule is Nc1ccn([C@@H]2O[C@H](CN=C3NS(=O)(=O)c4ccccc43)[C@@H](O)[C@H]2O)c(=O)n1. The van der Waals surface area contributed by atoms with Gasteiger partial charge in [0.1, 0.15) is 30.0 Å². The predicted octanol–water partition coefficient (Wildman–Crippen LogP) is -1.82. The Labute approximate surface area is 159 Å². The number of nitrogens with zero attached hydrogens (tertiary/aromatic N) is 3. The van der Waals surface area contributed by atoms with Crippen LogP contribution in [0.15, 0.2) is 51.2 Å². The second kappa shape index (κ2) is 6.67. The summed E-state index contributed by atoms with van der Waals surface area (Å²) in [6.07, 6.45) is -3.57. The molecule has 11 nitrogen and oxygen atoms in total. The molecule has 0 radical (unpaired) electrons. The molecule has 5 N–H and O–H groups in total. The third-order valence-electron chi connectivity index (χ3n) is 4.55. The van der Waals surface area contributed by atoms with E-state index in [9.17, 15) is 23.4 Å².